The molecule has 2 saturated heterocycles. The summed E-state index contributed by atoms with van der Waals surface area (Å²) in [5, 5.41) is 11.6. The van der Waals surface area contributed by atoms with Gasteiger partial charge < -0.3 is 14.9 Å². The van der Waals surface area contributed by atoms with Crippen molar-refractivity contribution in [1.82, 2.24) is 20.2 Å². The van der Waals surface area contributed by atoms with E-state index in [9.17, 15) is 19.5 Å². The lowest BCUT2D eigenvalue weighted by Crippen LogP contribution is -2.57. The predicted octanol–water partition coefficient (Wildman–Crippen LogP) is 1.01. The molecule has 2 aliphatic rings. The van der Waals surface area contributed by atoms with E-state index in [0.29, 0.717) is 24.7 Å². The fraction of sp³-hybridized carbons (Fsp3) is 0.250. The van der Waals surface area contributed by atoms with E-state index in [4.69, 9.17) is 0 Å². The van der Waals surface area contributed by atoms with Gasteiger partial charge in [0.1, 0.15) is 6.54 Å². The summed E-state index contributed by atoms with van der Waals surface area (Å²) in [6.45, 7) is 0.698. The van der Waals surface area contributed by atoms with Crippen molar-refractivity contribution < 1.29 is 19.5 Å². The number of nitrogens with one attached hydrogen (secondary N) is 1. The molecule has 4 rings (SSSR count). The highest BCUT2D eigenvalue weighted by molar-refractivity contribution is 8.18. The van der Waals surface area contributed by atoms with Crippen LogP contribution >= 0.6 is 11.8 Å². The van der Waals surface area contributed by atoms with Crippen LogP contribution in [-0.2, 0) is 16.1 Å². The quantitative estimate of drug-likeness (QED) is 0.682. The second-order valence-corrected chi connectivity index (χ2v) is 7.87. The van der Waals surface area contributed by atoms with Crippen molar-refractivity contribution in [2.45, 2.75) is 12.6 Å². The Hall–Kier alpha value is -3.24. The zero-order chi connectivity index (χ0) is 21.1. The summed E-state index contributed by atoms with van der Waals surface area (Å²) in [6.07, 6.45) is 3.04. The Bertz CT molecular complexity index is 1010. The van der Waals surface area contributed by atoms with Crippen LogP contribution in [0.5, 0.6) is 0 Å². The number of hydrogen-bond acceptors (Lipinski definition) is 8. The molecule has 3 amide bonds. The Morgan fingerprint density at radius 2 is 2.00 bits per heavy atom. The summed E-state index contributed by atoms with van der Waals surface area (Å²) in [5.74, 6) is -0.270. The smallest absolute Gasteiger partial charge is 0.290 e. The molecule has 1 aromatic carbocycles. The maximum Gasteiger partial charge on any atom is 0.290 e. The molecular weight excluding hydrogens is 406 g/mol. The number of imide groups is 1. The fourth-order valence-electron chi connectivity index (χ4n) is 3.33. The summed E-state index contributed by atoms with van der Waals surface area (Å²) in [5.41, 5.74) is 1.44. The highest BCUT2D eigenvalue weighted by atomic mass is 32.2. The number of benzene rings is 1. The lowest BCUT2D eigenvalue weighted by molar-refractivity contribution is -0.135. The number of aromatic nitrogens is 2. The minimum absolute atomic E-state index is 0.0804. The first-order chi connectivity index (χ1) is 14.5. The maximum atomic E-state index is 12.8. The van der Waals surface area contributed by atoms with E-state index in [2.05, 4.69) is 15.3 Å². The highest BCUT2D eigenvalue weighted by Crippen LogP contribution is 2.25. The van der Waals surface area contributed by atoms with E-state index in [1.807, 2.05) is 30.3 Å². The molecule has 1 atom stereocenters. The first-order valence-electron chi connectivity index (χ1n) is 9.30. The number of carbonyl (C=O) groups is 3. The first kappa shape index (κ1) is 20.0. The standard InChI is InChI=1S/C20H19N5O4S/c26-12-15-10-24(11-17(27)25(15)9-13-4-2-1-3-5-13)19-21-7-6-14(22-19)8-16-18(28)23-20(29)30-16/h1-8,15,26H,9-12H2,(H,23,28,29)/b16-8-/t15-/m1/s1. The zero-order valence-electron chi connectivity index (χ0n) is 15.9. The Kier molecular flexibility index (Phi) is 5.77. The minimum atomic E-state index is -0.463. The Balaban J connectivity index is 1.51. The highest BCUT2D eigenvalue weighted by Gasteiger charge is 2.33. The molecule has 0 unspecified atom stereocenters. The number of aliphatic hydroxyl groups is 1. The van der Waals surface area contributed by atoms with Crippen LogP contribution in [0.1, 0.15) is 11.3 Å². The third-order valence-electron chi connectivity index (χ3n) is 4.79. The second-order valence-electron chi connectivity index (χ2n) is 6.86. The number of amides is 3. The molecule has 30 heavy (non-hydrogen) atoms. The average Bonchev–Trinajstić information content (AvgIpc) is 3.06. The average molecular weight is 425 g/mol. The molecule has 0 spiro atoms. The summed E-state index contributed by atoms with van der Waals surface area (Å²) in [7, 11) is 0. The molecule has 10 heteroatoms. The minimum Gasteiger partial charge on any atom is -0.394 e. The number of anilines is 1. The van der Waals surface area contributed by atoms with Gasteiger partial charge in [0.15, 0.2) is 0 Å². The Labute approximate surface area is 176 Å². The van der Waals surface area contributed by atoms with E-state index in [1.165, 1.54) is 12.3 Å². The maximum absolute atomic E-state index is 12.8. The Morgan fingerprint density at radius 3 is 2.70 bits per heavy atom. The van der Waals surface area contributed by atoms with Crippen molar-refractivity contribution in [3.63, 3.8) is 0 Å². The lowest BCUT2D eigenvalue weighted by atomic mass is 10.1. The largest absolute Gasteiger partial charge is 0.394 e. The van der Waals surface area contributed by atoms with Crippen LogP contribution in [-0.4, -0.2) is 62.8 Å². The van der Waals surface area contributed by atoms with Crippen molar-refractivity contribution in [2.75, 3.05) is 24.6 Å². The van der Waals surface area contributed by atoms with Gasteiger partial charge >= 0.3 is 0 Å². The number of piperazine rings is 1. The number of aliphatic hydroxyl groups excluding tert-OH is 1. The summed E-state index contributed by atoms with van der Waals surface area (Å²) in [4.78, 5) is 48.1. The predicted molar refractivity (Wildman–Crippen MR) is 111 cm³/mol. The van der Waals surface area contributed by atoms with E-state index < -0.39 is 17.2 Å². The van der Waals surface area contributed by atoms with Gasteiger partial charge in [-0.25, -0.2) is 9.97 Å². The van der Waals surface area contributed by atoms with Gasteiger partial charge in [-0.1, -0.05) is 30.3 Å². The van der Waals surface area contributed by atoms with Crippen LogP contribution in [0.4, 0.5) is 10.7 Å². The number of rotatable bonds is 5. The van der Waals surface area contributed by atoms with Crippen LogP contribution in [0.2, 0.25) is 0 Å². The van der Waals surface area contributed by atoms with E-state index >= 15 is 0 Å². The molecular formula is C20H19N5O4S. The van der Waals surface area contributed by atoms with Gasteiger partial charge in [0, 0.05) is 19.3 Å². The molecule has 0 radical (unpaired) electrons. The first-order valence-corrected chi connectivity index (χ1v) is 10.1. The summed E-state index contributed by atoms with van der Waals surface area (Å²) >= 11 is 0.809. The normalized spacial score (nSPS) is 20.8. The molecule has 3 heterocycles. The van der Waals surface area contributed by atoms with Crippen molar-refractivity contribution in [1.29, 1.82) is 0 Å². The van der Waals surface area contributed by atoms with Gasteiger partial charge in [-0.3, -0.25) is 19.7 Å². The van der Waals surface area contributed by atoms with Gasteiger partial charge in [0.25, 0.3) is 11.1 Å². The third-order valence-corrected chi connectivity index (χ3v) is 5.60. The van der Waals surface area contributed by atoms with Crippen molar-refractivity contribution in [3.05, 3.63) is 58.8 Å². The summed E-state index contributed by atoms with van der Waals surface area (Å²) < 4.78 is 0. The third kappa shape index (κ3) is 4.34. The Morgan fingerprint density at radius 1 is 1.20 bits per heavy atom. The molecule has 2 aromatic rings. The molecule has 9 nitrogen and oxygen atoms in total. The number of nitrogens with zero attached hydrogens (tertiary/aromatic N) is 4. The van der Waals surface area contributed by atoms with Gasteiger partial charge in [-0.05, 0) is 29.5 Å². The lowest BCUT2D eigenvalue weighted by Gasteiger charge is -2.40. The van der Waals surface area contributed by atoms with Gasteiger partial charge in [0.2, 0.25) is 11.9 Å². The van der Waals surface area contributed by atoms with Crippen LogP contribution < -0.4 is 10.2 Å². The zero-order valence-corrected chi connectivity index (χ0v) is 16.7. The van der Waals surface area contributed by atoms with Crippen LogP contribution in [0.15, 0.2) is 47.5 Å². The second kappa shape index (κ2) is 8.64. The van der Waals surface area contributed by atoms with Crippen molar-refractivity contribution in [2.24, 2.45) is 0 Å². The summed E-state index contributed by atoms with van der Waals surface area (Å²) in [6, 6.07) is 10.8. The fourth-order valence-corrected chi connectivity index (χ4v) is 4.00. The number of thioether (sulfide) groups is 1. The van der Waals surface area contributed by atoms with Gasteiger partial charge in [-0.15, -0.1) is 0 Å². The van der Waals surface area contributed by atoms with Gasteiger partial charge in [0.05, 0.1) is 23.2 Å². The monoisotopic (exact) mass is 425 g/mol. The van der Waals surface area contributed by atoms with Crippen molar-refractivity contribution in [3.8, 4) is 0 Å². The SMILES string of the molecule is O=C1NC(=O)/C(=C/c2ccnc(N3CC(=O)N(Cc4ccccc4)[C@@H](CO)C3)n2)S1. The number of hydrogen-bond donors (Lipinski definition) is 2. The molecule has 2 aliphatic heterocycles. The molecule has 154 valence electrons. The molecule has 0 bridgehead atoms. The molecule has 2 N–H and O–H groups in total. The van der Waals surface area contributed by atoms with E-state index in [1.54, 1.807) is 15.9 Å². The van der Waals surface area contributed by atoms with E-state index in [0.717, 1.165) is 17.3 Å². The van der Waals surface area contributed by atoms with E-state index in [-0.39, 0.29) is 24.0 Å². The number of carbonyl (C=O) groups excluding carboxylic acids is 3. The molecule has 2 fully saturated rings. The van der Waals surface area contributed by atoms with Crippen LogP contribution in [0.25, 0.3) is 6.08 Å². The molecule has 1 aromatic heterocycles. The topological polar surface area (TPSA) is 116 Å². The molecule has 0 saturated carbocycles. The van der Waals surface area contributed by atoms with Crippen LogP contribution in [0.3, 0.4) is 0 Å². The van der Waals surface area contributed by atoms with Gasteiger partial charge in [-0.2, -0.15) is 0 Å². The van der Waals surface area contributed by atoms with Crippen LogP contribution in [0, 0.1) is 0 Å². The van der Waals surface area contributed by atoms with Crippen molar-refractivity contribution >= 4 is 40.8 Å². The molecule has 0 aliphatic carbocycles.